The molecule has 0 spiro atoms. The highest BCUT2D eigenvalue weighted by Crippen LogP contribution is 2.28. The van der Waals surface area contributed by atoms with Crippen molar-refractivity contribution in [1.29, 1.82) is 0 Å². The second-order valence-electron chi connectivity index (χ2n) is 6.65. The molecule has 0 radical (unpaired) electrons. The summed E-state index contributed by atoms with van der Waals surface area (Å²) in [6.07, 6.45) is 0.866. The standard InChI is InChI=1S/C16H22ClNO5S2/c1-11(2)5-7-18-16(19)14-9-12(3-4-15(14)17)25(22,23)13-6-8-24(20,21)10-13/h3-4,9,11,13H,5-8,10H2,1-2H3,(H,18,19). The fourth-order valence-electron chi connectivity index (χ4n) is 2.62. The molecular formula is C16H22ClNO5S2. The first kappa shape index (κ1) is 20.2. The summed E-state index contributed by atoms with van der Waals surface area (Å²) in [5.41, 5.74) is 0.0763. The molecule has 0 aliphatic carbocycles. The van der Waals surface area contributed by atoms with Crippen LogP contribution in [0.3, 0.4) is 0 Å². The molecule has 1 aliphatic heterocycles. The zero-order valence-electron chi connectivity index (χ0n) is 14.2. The van der Waals surface area contributed by atoms with Gasteiger partial charge in [-0.05, 0) is 37.0 Å². The van der Waals surface area contributed by atoms with Gasteiger partial charge in [0.05, 0.1) is 32.2 Å². The third-order valence-electron chi connectivity index (χ3n) is 4.15. The second kappa shape index (κ2) is 7.63. The summed E-state index contributed by atoms with van der Waals surface area (Å²) in [6.45, 7) is 4.52. The van der Waals surface area contributed by atoms with Gasteiger partial charge in [-0.25, -0.2) is 16.8 Å². The number of halogens is 1. The fraction of sp³-hybridized carbons (Fsp3) is 0.562. The molecule has 1 aromatic rings. The average molecular weight is 408 g/mol. The number of carbonyl (C=O) groups is 1. The van der Waals surface area contributed by atoms with E-state index in [1.807, 2.05) is 13.8 Å². The van der Waals surface area contributed by atoms with Crippen LogP contribution in [0.5, 0.6) is 0 Å². The minimum Gasteiger partial charge on any atom is -0.352 e. The van der Waals surface area contributed by atoms with Crippen molar-refractivity contribution in [2.75, 3.05) is 18.1 Å². The van der Waals surface area contributed by atoms with Gasteiger partial charge in [0, 0.05) is 6.54 Å². The number of nitrogens with one attached hydrogen (secondary N) is 1. The summed E-state index contributed by atoms with van der Waals surface area (Å²) in [5.74, 6) is -0.533. The Kier molecular flexibility index (Phi) is 6.17. The number of amides is 1. The molecule has 1 atom stereocenters. The number of sulfone groups is 2. The van der Waals surface area contributed by atoms with Gasteiger partial charge in [-0.3, -0.25) is 4.79 Å². The predicted molar refractivity (Wildman–Crippen MR) is 97.5 cm³/mol. The molecule has 1 fully saturated rings. The van der Waals surface area contributed by atoms with E-state index in [2.05, 4.69) is 5.32 Å². The van der Waals surface area contributed by atoms with Gasteiger partial charge in [-0.15, -0.1) is 0 Å². The molecule has 0 saturated carbocycles. The van der Waals surface area contributed by atoms with Crippen molar-refractivity contribution in [3.8, 4) is 0 Å². The molecule has 1 aromatic carbocycles. The highest BCUT2D eigenvalue weighted by molar-refractivity contribution is 7.96. The van der Waals surface area contributed by atoms with Crippen molar-refractivity contribution < 1.29 is 21.6 Å². The third-order valence-corrected chi connectivity index (χ3v) is 8.65. The Labute approximate surface area is 153 Å². The molecule has 1 unspecified atom stereocenters. The summed E-state index contributed by atoms with van der Waals surface area (Å²) in [5, 5.41) is 1.89. The molecule has 1 saturated heterocycles. The molecule has 2 rings (SSSR count). The van der Waals surface area contributed by atoms with Gasteiger partial charge in [0.1, 0.15) is 0 Å². The van der Waals surface area contributed by atoms with Crippen LogP contribution in [0.2, 0.25) is 5.02 Å². The average Bonchev–Trinajstić information content (AvgIpc) is 2.88. The van der Waals surface area contributed by atoms with E-state index < -0.39 is 30.8 Å². The zero-order valence-corrected chi connectivity index (χ0v) is 16.5. The van der Waals surface area contributed by atoms with Gasteiger partial charge >= 0.3 is 0 Å². The molecule has 25 heavy (non-hydrogen) atoms. The molecule has 0 bridgehead atoms. The Balaban J connectivity index is 2.24. The zero-order chi connectivity index (χ0) is 18.8. The lowest BCUT2D eigenvalue weighted by Crippen LogP contribution is -2.27. The lowest BCUT2D eigenvalue weighted by molar-refractivity contribution is 0.0952. The molecule has 1 heterocycles. The fourth-order valence-corrected chi connectivity index (χ4v) is 7.21. The topological polar surface area (TPSA) is 97.4 Å². The van der Waals surface area contributed by atoms with E-state index in [1.54, 1.807) is 0 Å². The smallest absolute Gasteiger partial charge is 0.252 e. The summed E-state index contributed by atoms with van der Waals surface area (Å²) >= 11 is 6.04. The summed E-state index contributed by atoms with van der Waals surface area (Å²) in [4.78, 5) is 12.2. The third kappa shape index (κ3) is 4.95. The van der Waals surface area contributed by atoms with Crippen LogP contribution in [-0.4, -0.2) is 46.0 Å². The van der Waals surface area contributed by atoms with Crippen LogP contribution < -0.4 is 5.32 Å². The first-order valence-corrected chi connectivity index (χ1v) is 11.8. The highest BCUT2D eigenvalue weighted by atomic mass is 35.5. The minimum atomic E-state index is -3.83. The molecule has 1 N–H and O–H groups in total. The van der Waals surface area contributed by atoms with Gasteiger partial charge < -0.3 is 5.32 Å². The normalized spacial score (nSPS) is 19.9. The molecule has 9 heteroatoms. The molecule has 140 valence electrons. The van der Waals surface area contributed by atoms with Gasteiger partial charge in [0.15, 0.2) is 19.7 Å². The Hall–Kier alpha value is -1.12. The maximum atomic E-state index is 12.7. The maximum Gasteiger partial charge on any atom is 0.252 e. The van der Waals surface area contributed by atoms with Crippen molar-refractivity contribution >= 4 is 37.2 Å². The Morgan fingerprint density at radius 3 is 2.60 bits per heavy atom. The van der Waals surface area contributed by atoms with E-state index in [4.69, 9.17) is 11.6 Å². The number of carbonyl (C=O) groups excluding carboxylic acids is 1. The van der Waals surface area contributed by atoms with Crippen LogP contribution in [0, 0.1) is 5.92 Å². The lowest BCUT2D eigenvalue weighted by atomic mass is 10.1. The van der Waals surface area contributed by atoms with E-state index >= 15 is 0 Å². The van der Waals surface area contributed by atoms with Crippen LogP contribution in [0.25, 0.3) is 0 Å². The highest BCUT2D eigenvalue weighted by Gasteiger charge is 2.38. The first-order valence-electron chi connectivity index (χ1n) is 8.05. The van der Waals surface area contributed by atoms with E-state index in [9.17, 15) is 21.6 Å². The first-order chi connectivity index (χ1) is 11.5. The van der Waals surface area contributed by atoms with Crippen LogP contribution in [-0.2, 0) is 19.7 Å². The number of rotatable bonds is 6. The lowest BCUT2D eigenvalue weighted by Gasteiger charge is -2.13. The van der Waals surface area contributed by atoms with E-state index in [0.717, 1.165) is 6.42 Å². The number of hydrogen-bond donors (Lipinski definition) is 1. The van der Waals surface area contributed by atoms with Gasteiger partial charge in [-0.1, -0.05) is 25.4 Å². The number of hydrogen-bond acceptors (Lipinski definition) is 5. The Bertz CT molecular complexity index is 863. The van der Waals surface area contributed by atoms with E-state index in [0.29, 0.717) is 12.5 Å². The van der Waals surface area contributed by atoms with Gasteiger partial charge in [0.2, 0.25) is 0 Å². The van der Waals surface area contributed by atoms with Crippen molar-refractivity contribution in [1.82, 2.24) is 5.32 Å². The SMILES string of the molecule is CC(C)CCNC(=O)c1cc(S(=O)(=O)C2CCS(=O)(=O)C2)ccc1Cl. The Morgan fingerprint density at radius 2 is 2.04 bits per heavy atom. The molecular weight excluding hydrogens is 386 g/mol. The van der Waals surface area contributed by atoms with E-state index in [-0.39, 0.29) is 33.4 Å². The largest absolute Gasteiger partial charge is 0.352 e. The van der Waals surface area contributed by atoms with Crippen LogP contribution >= 0.6 is 11.6 Å². The maximum absolute atomic E-state index is 12.7. The van der Waals surface area contributed by atoms with Gasteiger partial charge in [-0.2, -0.15) is 0 Å². The number of benzene rings is 1. The minimum absolute atomic E-state index is 0.0726. The van der Waals surface area contributed by atoms with Crippen molar-refractivity contribution in [2.24, 2.45) is 5.92 Å². The quantitative estimate of drug-likeness (QED) is 0.778. The molecule has 0 aromatic heterocycles. The van der Waals surface area contributed by atoms with Crippen molar-refractivity contribution in [3.05, 3.63) is 28.8 Å². The van der Waals surface area contributed by atoms with Gasteiger partial charge in [0.25, 0.3) is 5.91 Å². The van der Waals surface area contributed by atoms with E-state index in [1.165, 1.54) is 18.2 Å². The summed E-state index contributed by atoms with van der Waals surface area (Å²) in [7, 11) is -7.16. The Morgan fingerprint density at radius 1 is 1.36 bits per heavy atom. The second-order valence-corrected chi connectivity index (χ2v) is 11.5. The van der Waals surface area contributed by atoms with Crippen molar-refractivity contribution in [3.63, 3.8) is 0 Å². The summed E-state index contributed by atoms with van der Waals surface area (Å²) < 4.78 is 48.5. The van der Waals surface area contributed by atoms with Crippen LogP contribution in [0.1, 0.15) is 37.0 Å². The monoisotopic (exact) mass is 407 g/mol. The molecule has 1 aliphatic rings. The summed E-state index contributed by atoms with van der Waals surface area (Å²) in [6, 6.07) is 3.90. The van der Waals surface area contributed by atoms with Crippen molar-refractivity contribution in [2.45, 2.75) is 36.8 Å². The molecule has 1 amide bonds. The van der Waals surface area contributed by atoms with Crippen LogP contribution in [0.4, 0.5) is 0 Å². The van der Waals surface area contributed by atoms with Crippen LogP contribution in [0.15, 0.2) is 23.1 Å². The molecule has 6 nitrogen and oxygen atoms in total. The predicted octanol–water partition coefficient (Wildman–Crippen LogP) is 2.08.